The van der Waals surface area contributed by atoms with Gasteiger partial charge in [0.05, 0.1) is 19.3 Å². The van der Waals surface area contributed by atoms with E-state index in [-0.39, 0.29) is 0 Å². The second kappa shape index (κ2) is 7.43. The molecule has 2 aliphatic heterocycles. The lowest BCUT2D eigenvalue weighted by atomic mass is 9.89. The van der Waals surface area contributed by atoms with Crippen LogP contribution in [0.25, 0.3) is 0 Å². The molecule has 0 bridgehead atoms. The van der Waals surface area contributed by atoms with Gasteiger partial charge in [0.2, 0.25) is 0 Å². The third-order valence-electron chi connectivity index (χ3n) is 4.15. The lowest BCUT2D eigenvalue weighted by molar-refractivity contribution is -0.0705. The number of likely N-dealkylation sites (N-methyl/N-ethyl adjacent to an activating group) is 1. The number of hydrogen-bond donors (Lipinski definition) is 1. The number of morpholine rings is 1. The summed E-state index contributed by atoms with van der Waals surface area (Å²) < 4.78 is 11.6. The van der Waals surface area contributed by atoms with Crippen LogP contribution in [0.15, 0.2) is 0 Å². The Morgan fingerprint density at radius 1 is 1.39 bits per heavy atom. The Balaban J connectivity index is 1.89. The molecule has 4 heteroatoms. The van der Waals surface area contributed by atoms with Gasteiger partial charge in [-0.2, -0.15) is 0 Å². The van der Waals surface area contributed by atoms with Gasteiger partial charge in [-0.05, 0) is 32.9 Å². The highest BCUT2D eigenvalue weighted by molar-refractivity contribution is 4.88. The quantitative estimate of drug-likeness (QED) is 0.799. The number of nitrogens with one attached hydrogen (secondary N) is 1. The Hall–Kier alpha value is -0.160. The van der Waals surface area contributed by atoms with E-state index in [1.54, 1.807) is 0 Å². The van der Waals surface area contributed by atoms with Crippen molar-refractivity contribution < 1.29 is 9.47 Å². The molecule has 106 valence electrons. The van der Waals surface area contributed by atoms with Crippen LogP contribution in [0, 0.1) is 5.92 Å². The summed E-state index contributed by atoms with van der Waals surface area (Å²) in [5.74, 6) is 0.607. The number of hydrogen-bond acceptors (Lipinski definition) is 4. The predicted octanol–water partition coefficient (Wildman–Crippen LogP) is 1.11. The Morgan fingerprint density at radius 3 is 2.94 bits per heavy atom. The lowest BCUT2D eigenvalue weighted by Crippen LogP contribution is -2.55. The lowest BCUT2D eigenvalue weighted by Gasteiger charge is -2.40. The average molecular weight is 256 g/mol. The third-order valence-corrected chi connectivity index (χ3v) is 4.15. The molecule has 0 spiro atoms. The number of rotatable bonds is 5. The molecule has 0 aromatic rings. The molecule has 1 N–H and O–H groups in total. The first-order chi connectivity index (χ1) is 8.85. The van der Waals surface area contributed by atoms with Gasteiger partial charge < -0.3 is 14.8 Å². The van der Waals surface area contributed by atoms with Crippen molar-refractivity contribution in [2.45, 2.75) is 38.3 Å². The van der Waals surface area contributed by atoms with Gasteiger partial charge in [0.1, 0.15) is 0 Å². The molecule has 0 saturated carbocycles. The molecule has 18 heavy (non-hydrogen) atoms. The van der Waals surface area contributed by atoms with E-state index in [9.17, 15) is 0 Å². The van der Waals surface area contributed by atoms with Crippen LogP contribution in [0.1, 0.15) is 26.2 Å². The molecule has 3 atom stereocenters. The fraction of sp³-hybridized carbons (Fsp3) is 1.00. The zero-order chi connectivity index (χ0) is 12.8. The Morgan fingerprint density at radius 2 is 2.28 bits per heavy atom. The van der Waals surface area contributed by atoms with Gasteiger partial charge in [-0.3, -0.25) is 4.90 Å². The van der Waals surface area contributed by atoms with Gasteiger partial charge in [-0.25, -0.2) is 0 Å². The van der Waals surface area contributed by atoms with E-state index in [0.29, 0.717) is 18.1 Å². The van der Waals surface area contributed by atoms with Crippen molar-refractivity contribution in [3.8, 4) is 0 Å². The first-order valence-electron chi connectivity index (χ1n) is 7.44. The first-order valence-corrected chi connectivity index (χ1v) is 7.44. The molecule has 0 amide bonds. The highest BCUT2D eigenvalue weighted by Gasteiger charge is 2.33. The van der Waals surface area contributed by atoms with Crippen molar-refractivity contribution >= 4 is 0 Å². The summed E-state index contributed by atoms with van der Waals surface area (Å²) in [5, 5.41) is 3.47. The van der Waals surface area contributed by atoms with Gasteiger partial charge in [0, 0.05) is 31.7 Å². The maximum Gasteiger partial charge on any atom is 0.0858 e. The molecule has 2 heterocycles. The SMILES string of the molecule is CCCN1CCOC(C(NC)C2CCCOC2)C1. The van der Waals surface area contributed by atoms with E-state index in [0.717, 1.165) is 32.9 Å². The van der Waals surface area contributed by atoms with E-state index in [4.69, 9.17) is 9.47 Å². The molecule has 2 rings (SSSR count). The van der Waals surface area contributed by atoms with Crippen molar-refractivity contribution in [2.75, 3.05) is 46.5 Å². The molecule has 0 aromatic carbocycles. The molecule has 3 unspecified atom stereocenters. The molecular weight excluding hydrogens is 228 g/mol. The van der Waals surface area contributed by atoms with Crippen molar-refractivity contribution in [1.82, 2.24) is 10.2 Å². The minimum Gasteiger partial charge on any atom is -0.381 e. The van der Waals surface area contributed by atoms with Crippen molar-refractivity contribution in [3.05, 3.63) is 0 Å². The zero-order valence-electron chi connectivity index (χ0n) is 11.9. The second-order valence-electron chi connectivity index (χ2n) is 5.50. The molecule has 2 fully saturated rings. The highest BCUT2D eigenvalue weighted by Crippen LogP contribution is 2.22. The van der Waals surface area contributed by atoms with Crippen LogP contribution in [-0.4, -0.2) is 63.5 Å². The molecule has 4 nitrogen and oxygen atoms in total. The molecular formula is C14H28N2O2. The van der Waals surface area contributed by atoms with Crippen molar-refractivity contribution in [1.29, 1.82) is 0 Å². The summed E-state index contributed by atoms with van der Waals surface area (Å²) in [7, 11) is 2.06. The van der Waals surface area contributed by atoms with Gasteiger partial charge in [0.15, 0.2) is 0 Å². The standard InChI is InChI=1S/C14H28N2O2/c1-3-6-16-7-9-18-13(10-16)14(15-2)12-5-4-8-17-11-12/h12-15H,3-11H2,1-2H3. The first kappa shape index (κ1) is 14.3. The smallest absolute Gasteiger partial charge is 0.0858 e. The van der Waals surface area contributed by atoms with Crippen LogP contribution in [-0.2, 0) is 9.47 Å². The third kappa shape index (κ3) is 3.67. The van der Waals surface area contributed by atoms with E-state index < -0.39 is 0 Å². The largest absolute Gasteiger partial charge is 0.381 e. The van der Waals surface area contributed by atoms with Gasteiger partial charge in [-0.15, -0.1) is 0 Å². The van der Waals surface area contributed by atoms with Gasteiger partial charge in [-0.1, -0.05) is 6.92 Å². The van der Waals surface area contributed by atoms with Crippen LogP contribution in [0.3, 0.4) is 0 Å². The van der Waals surface area contributed by atoms with E-state index in [2.05, 4.69) is 24.2 Å². The Bertz CT molecular complexity index is 230. The molecule has 0 aromatic heterocycles. The Labute approximate surface area is 111 Å². The van der Waals surface area contributed by atoms with Crippen LogP contribution < -0.4 is 5.32 Å². The van der Waals surface area contributed by atoms with E-state index >= 15 is 0 Å². The summed E-state index contributed by atoms with van der Waals surface area (Å²) in [6.07, 6.45) is 4.00. The minimum atomic E-state index is 0.321. The van der Waals surface area contributed by atoms with Crippen LogP contribution in [0.4, 0.5) is 0 Å². The second-order valence-corrected chi connectivity index (χ2v) is 5.50. The molecule has 2 saturated heterocycles. The summed E-state index contributed by atoms with van der Waals surface area (Å²) in [4.78, 5) is 2.53. The monoisotopic (exact) mass is 256 g/mol. The van der Waals surface area contributed by atoms with Crippen molar-refractivity contribution in [3.63, 3.8) is 0 Å². The fourth-order valence-electron chi connectivity index (χ4n) is 3.24. The molecule has 0 aliphatic carbocycles. The maximum atomic E-state index is 6.00. The summed E-state index contributed by atoms with van der Waals surface area (Å²) in [5.41, 5.74) is 0. The van der Waals surface area contributed by atoms with Crippen LogP contribution in [0.5, 0.6) is 0 Å². The van der Waals surface area contributed by atoms with Crippen LogP contribution in [0.2, 0.25) is 0 Å². The fourth-order valence-corrected chi connectivity index (χ4v) is 3.24. The zero-order valence-corrected chi connectivity index (χ0v) is 11.9. The van der Waals surface area contributed by atoms with E-state index in [1.165, 1.54) is 25.8 Å². The maximum absolute atomic E-state index is 6.00. The van der Waals surface area contributed by atoms with E-state index in [1.807, 2.05) is 0 Å². The van der Waals surface area contributed by atoms with Crippen LogP contribution >= 0.6 is 0 Å². The van der Waals surface area contributed by atoms with Gasteiger partial charge >= 0.3 is 0 Å². The normalized spacial score (nSPS) is 32.3. The highest BCUT2D eigenvalue weighted by atomic mass is 16.5. The summed E-state index contributed by atoms with van der Waals surface area (Å²) in [6, 6.07) is 0.435. The average Bonchev–Trinajstić information content (AvgIpc) is 2.42. The molecule has 2 aliphatic rings. The number of ether oxygens (including phenoxy) is 2. The minimum absolute atomic E-state index is 0.321. The number of nitrogens with zero attached hydrogens (tertiary/aromatic N) is 1. The predicted molar refractivity (Wildman–Crippen MR) is 72.9 cm³/mol. The molecule has 0 radical (unpaired) electrons. The van der Waals surface area contributed by atoms with Crippen molar-refractivity contribution in [2.24, 2.45) is 5.92 Å². The van der Waals surface area contributed by atoms with Gasteiger partial charge in [0.25, 0.3) is 0 Å². The topological polar surface area (TPSA) is 33.7 Å². The Kier molecular flexibility index (Phi) is 5.89. The summed E-state index contributed by atoms with van der Waals surface area (Å²) in [6.45, 7) is 8.28. The summed E-state index contributed by atoms with van der Waals surface area (Å²) >= 11 is 0.